The van der Waals surface area contributed by atoms with Crippen molar-refractivity contribution in [3.05, 3.63) is 106 Å². The highest BCUT2D eigenvalue weighted by atomic mass is 35.5. The van der Waals surface area contributed by atoms with Gasteiger partial charge >= 0.3 is 0 Å². The van der Waals surface area contributed by atoms with E-state index >= 15 is 0 Å². The van der Waals surface area contributed by atoms with Gasteiger partial charge in [0.2, 0.25) is 5.78 Å². The molecule has 0 radical (unpaired) electrons. The normalized spacial score (nSPS) is 17.8. The molecule has 5 rings (SSSR count). The molecule has 0 N–H and O–H groups in total. The molecule has 2 aliphatic heterocycles. The van der Waals surface area contributed by atoms with Crippen LogP contribution in [0.5, 0.6) is 17.2 Å². The maximum atomic E-state index is 13.2. The van der Waals surface area contributed by atoms with Gasteiger partial charge in [0, 0.05) is 17.2 Å². The zero-order valence-corrected chi connectivity index (χ0v) is 17.9. The Kier molecular flexibility index (Phi) is 5.19. The Labute approximate surface area is 189 Å². The monoisotopic (exact) mass is 448 g/mol. The van der Waals surface area contributed by atoms with Crippen LogP contribution in [0, 0.1) is 5.82 Å². The summed E-state index contributed by atoms with van der Waals surface area (Å²) in [5.41, 5.74) is 2.93. The second-order valence-corrected chi connectivity index (χ2v) is 7.97. The van der Waals surface area contributed by atoms with E-state index in [1.165, 1.54) is 12.1 Å². The summed E-state index contributed by atoms with van der Waals surface area (Å²) >= 11 is 6.05. The van der Waals surface area contributed by atoms with Crippen LogP contribution >= 0.6 is 11.6 Å². The molecule has 3 aromatic rings. The van der Waals surface area contributed by atoms with Gasteiger partial charge in [-0.05, 0) is 55.0 Å². The third kappa shape index (κ3) is 3.87. The van der Waals surface area contributed by atoms with E-state index in [0.717, 1.165) is 16.9 Å². The Morgan fingerprint density at radius 3 is 2.78 bits per heavy atom. The van der Waals surface area contributed by atoms with E-state index in [9.17, 15) is 9.18 Å². The van der Waals surface area contributed by atoms with Crippen LogP contribution < -0.4 is 14.2 Å². The van der Waals surface area contributed by atoms with E-state index < -0.39 is 5.82 Å². The zero-order chi connectivity index (χ0) is 22.2. The topological polar surface area (TPSA) is 44.8 Å². The van der Waals surface area contributed by atoms with Crippen LogP contribution in [0.2, 0.25) is 5.02 Å². The van der Waals surface area contributed by atoms with E-state index in [1.807, 2.05) is 37.3 Å². The van der Waals surface area contributed by atoms with E-state index in [-0.39, 0.29) is 24.3 Å². The lowest BCUT2D eigenvalue weighted by atomic mass is 10.0. The van der Waals surface area contributed by atoms with Crippen LogP contribution in [0.3, 0.4) is 0 Å². The van der Waals surface area contributed by atoms with E-state index in [2.05, 4.69) is 0 Å². The second kappa shape index (κ2) is 8.17. The quantitative estimate of drug-likeness (QED) is 0.434. The highest BCUT2D eigenvalue weighted by Gasteiger charge is 2.29. The van der Waals surface area contributed by atoms with Crippen molar-refractivity contribution in [1.29, 1.82) is 0 Å². The van der Waals surface area contributed by atoms with Crippen molar-refractivity contribution in [1.82, 2.24) is 0 Å². The molecule has 6 heteroatoms. The van der Waals surface area contributed by atoms with Gasteiger partial charge in [-0.3, -0.25) is 4.79 Å². The Balaban J connectivity index is 1.35. The van der Waals surface area contributed by atoms with Crippen molar-refractivity contribution in [3.63, 3.8) is 0 Å². The SMILES string of the molecule is C[C@@H]1Oc2ccccc2C=C1C=C1Oc2cc(OCc3ccc(F)cc3Cl)ccc2C1=O. The summed E-state index contributed by atoms with van der Waals surface area (Å²) in [6.07, 6.45) is 3.51. The van der Waals surface area contributed by atoms with Crippen LogP contribution in [0.4, 0.5) is 4.39 Å². The first-order chi connectivity index (χ1) is 15.5. The Morgan fingerprint density at radius 2 is 1.94 bits per heavy atom. The van der Waals surface area contributed by atoms with Gasteiger partial charge in [0.1, 0.15) is 35.8 Å². The van der Waals surface area contributed by atoms with Gasteiger partial charge < -0.3 is 14.2 Å². The number of hydrogen-bond donors (Lipinski definition) is 0. The van der Waals surface area contributed by atoms with Crippen molar-refractivity contribution in [3.8, 4) is 17.2 Å². The molecule has 160 valence electrons. The molecule has 0 bridgehead atoms. The van der Waals surface area contributed by atoms with Crippen molar-refractivity contribution in [2.45, 2.75) is 19.6 Å². The second-order valence-electron chi connectivity index (χ2n) is 7.56. The molecular weight excluding hydrogens is 431 g/mol. The Hall–Kier alpha value is -3.57. The number of halogens is 2. The molecule has 32 heavy (non-hydrogen) atoms. The minimum Gasteiger partial charge on any atom is -0.489 e. The molecule has 0 saturated carbocycles. The molecule has 2 heterocycles. The molecule has 0 amide bonds. The maximum absolute atomic E-state index is 13.2. The van der Waals surface area contributed by atoms with Crippen LogP contribution in [0.25, 0.3) is 6.08 Å². The molecule has 1 atom stereocenters. The molecule has 0 unspecified atom stereocenters. The third-order valence-corrected chi connectivity index (χ3v) is 5.71. The fourth-order valence-corrected chi connectivity index (χ4v) is 3.85. The fraction of sp³-hybridized carbons (Fsp3) is 0.115. The van der Waals surface area contributed by atoms with E-state index in [4.69, 9.17) is 25.8 Å². The molecule has 0 saturated heterocycles. The summed E-state index contributed by atoms with van der Waals surface area (Å²) in [7, 11) is 0. The van der Waals surface area contributed by atoms with Crippen LogP contribution in [0.15, 0.2) is 78.1 Å². The first-order valence-electron chi connectivity index (χ1n) is 10.1. The maximum Gasteiger partial charge on any atom is 0.231 e. The fourth-order valence-electron chi connectivity index (χ4n) is 3.63. The number of rotatable bonds is 4. The molecule has 0 aliphatic carbocycles. The van der Waals surface area contributed by atoms with Crippen molar-refractivity contribution < 1.29 is 23.4 Å². The molecule has 3 aromatic carbocycles. The van der Waals surface area contributed by atoms with Crippen LogP contribution in [0.1, 0.15) is 28.4 Å². The molecule has 0 spiro atoms. The number of hydrogen-bond acceptors (Lipinski definition) is 4. The van der Waals surface area contributed by atoms with Crippen LogP contribution in [-0.2, 0) is 6.61 Å². The predicted octanol–water partition coefficient (Wildman–Crippen LogP) is 6.38. The lowest BCUT2D eigenvalue weighted by Gasteiger charge is -2.22. The highest BCUT2D eigenvalue weighted by molar-refractivity contribution is 6.31. The summed E-state index contributed by atoms with van der Waals surface area (Å²) in [6.45, 7) is 2.09. The molecule has 2 aliphatic rings. The largest absolute Gasteiger partial charge is 0.489 e. The summed E-state index contributed by atoms with van der Waals surface area (Å²) in [6, 6.07) is 16.9. The van der Waals surface area contributed by atoms with Crippen LogP contribution in [-0.4, -0.2) is 11.9 Å². The van der Waals surface area contributed by atoms with E-state index in [0.29, 0.717) is 27.6 Å². The van der Waals surface area contributed by atoms with E-state index in [1.54, 1.807) is 30.3 Å². The zero-order valence-electron chi connectivity index (χ0n) is 17.1. The summed E-state index contributed by atoms with van der Waals surface area (Å²) in [5.74, 6) is 1.39. The average Bonchev–Trinajstić information content (AvgIpc) is 3.08. The van der Waals surface area contributed by atoms with Crippen molar-refractivity contribution in [2.24, 2.45) is 0 Å². The Bertz CT molecular complexity index is 1290. The lowest BCUT2D eigenvalue weighted by Crippen LogP contribution is -2.18. The smallest absolute Gasteiger partial charge is 0.231 e. The molecule has 0 aromatic heterocycles. The van der Waals surface area contributed by atoms with Gasteiger partial charge in [0.05, 0.1) is 10.6 Å². The van der Waals surface area contributed by atoms with Gasteiger partial charge in [-0.2, -0.15) is 0 Å². The van der Waals surface area contributed by atoms with Gasteiger partial charge in [-0.25, -0.2) is 4.39 Å². The first kappa shape index (κ1) is 20.3. The van der Waals surface area contributed by atoms with Gasteiger partial charge in [-0.15, -0.1) is 0 Å². The first-order valence-corrected chi connectivity index (χ1v) is 10.5. The molecular formula is C26H18ClFO4. The van der Waals surface area contributed by atoms with Crippen molar-refractivity contribution in [2.75, 3.05) is 0 Å². The molecule has 4 nitrogen and oxygen atoms in total. The van der Waals surface area contributed by atoms with Gasteiger partial charge in [0.15, 0.2) is 5.76 Å². The van der Waals surface area contributed by atoms with Gasteiger partial charge in [0.25, 0.3) is 0 Å². The lowest BCUT2D eigenvalue weighted by molar-refractivity contribution is 0.101. The number of ketones is 1. The highest BCUT2D eigenvalue weighted by Crippen LogP contribution is 2.36. The number of ether oxygens (including phenoxy) is 3. The number of benzene rings is 3. The number of para-hydroxylation sites is 1. The minimum absolute atomic E-state index is 0.162. The third-order valence-electron chi connectivity index (χ3n) is 5.36. The predicted molar refractivity (Wildman–Crippen MR) is 120 cm³/mol. The summed E-state index contributed by atoms with van der Waals surface area (Å²) < 4.78 is 30.8. The number of carbonyl (C=O) groups is 1. The number of carbonyl (C=O) groups excluding carboxylic acids is 1. The number of Topliss-reactive ketones (excluding diaryl/α,β-unsaturated/α-hetero) is 1. The Morgan fingerprint density at radius 1 is 1.09 bits per heavy atom. The van der Waals surface area contributed by atoms with Crippen molar-refractivity contribution >= 4 is 23.5 Å². The van der Waals surface area contributed by atoms with Gasteiger partial charge in [-0.1, -0.05) is 35.9 Å². The summed E-state index contributed by atoms with van der Waals surface area (Å²) in [4.78, 5) is 12.8. The average molecular weight is 449 g/mol. The molecule has 0 fully saturated rings. The number of allylic oxidation sites excluding steroid dienone is 1. The minimum atomic E-state index is -0.404. The summed E-state index contributed by atoms with van der Waals surface area (Å²) in [5, 5.41) is 0.293. The number of fused-ring (bicyclic) bond motifs is 2. The standard InChI is InChI=1S/C26H18ClFO4/c1-15-18(10-16-4-2-3-5-23(16)31-15)11-25-26(29)21-9-8-20(13-24(21)32-25)30-14-17-6-7-19(28)12-22(17)27/h2-13,15H,14H2,1H3/t15-/m0/s1.